The SMILES string of the molecule is CCc1sc2ncn(CC(=O)c3ccc4c(c3)NC(=O)CO4)c(=O)c2c1-c1ccc(Br)cc1. The number of ether oxygens (including phenoxy) is 1. The van der Waals surface area contributed by atoms with Crippen molar-refractivity contribution in [2.24, 2.45) is 0 Å². The van der Waals surface area contributed by atoms with E-state index in [0.717, 1.165) is 26.9 Å². The average Bonchev–Trinajstić information content (AvgIpc) is 3.20. The molecular formula is C24H18BrN3O4S. The van der Waals surface area contributed by atoms with E-state index in [1.54, 1.807) is 18.2 Å². The highest BCUT2D eigenvalue weighted by Crippen LogP contribution is 2.37. The van der Waals surface area contributed by atoms with E-state index in [-0.39, 0.29) is 30.4 Å². The number of nitrogens with one attached hydrogen (secondary N) is 1. The Hall–Kier alpha value is -3.30. The summed E-state index contributed by atoms with van der Waals surface area (Å²) in [4.78, 5) is 44.2. The number of aromatic nitrogens is 2. The van der Waals surface area contributed by atoms with Crippen molar-refractivity contribution in [2.45, 2.75) is 19.9 Å². The molecule has 4 aromatic rings. The van der Waals surface area contributed by atoms with E-state index in [1.807, 2.05) is 31.2 Å². The quantitative estimate of drug-likeness (QED) is 0.384. The summed E-state index contributed by atoms with van der Waals surface area (Å²) in [6.45, 7) is 1.84. The van der Waals surface area contributed by atoms with Crippen molar-refractivity contribution >= 4 is 54.9 Å². The van der Waals surface area contributed by atoms with E-state index in [2.05, 4.69) is 26.2 Å². The highest BCUT2D eigenvalue weighted by Gasteiger charge is 2.21. The van der Waals surface area contributed by atoms with Gasteiger partial charge >= 0.3 is 0 Å². The van der Waals surface area contributed by atoms with Crippen LogP contribution in [0.2, 0.25) is 0 Å². The van der Waals surface area contributed by atoms with Gasteiger partial charge in [-0.05, 0) is 42.3 Å². The molecule has 0 aliphatic carbocycles. The van der Waals surface area contributed by atoms with Crippen molar-refractivity contribution in [3.8, 4) is 16.9 Å². The number of aryl methyl sites for hydroxylation is 1. The highest BCUT2D eigenvalue weighted by molar-refractivity contribution is 9.10. The first kappa shape index (κ1) is 21.5. The van der Waals surface area contributed by atoms with Crippen LogP contribution in [0.15, 0.2) is 58.1 Å². The molecule has 0 saturated carbocycles. The summed E-state index contributed by atoms with van der Waals surface area (Å²) < 4.78 is 7.64. The normalized spacial score (nSPS) is 12.8. The van der Waals surface area contributed by atoms with Crippen LogP contribution in [0.1, 0.15) is 22.2 Å². The summed E-state index contributed by atoms with van der Waals surface area (Å²) in [7, 11) is 0. The highest BCUT2D eigenvalue weighted by atomic mass is 79.9. The second-order valence-electron chi connectivity index (χ2n) is 7.59. The summed E-state index contributed by atoms with van der Waals surface area (Å²) in [6, 6.07) is 12.7. The van der Waals surface area contributed by atoms with Gasteiger partial charge in [0.2, 0.25) is 0 Å². The predicted octanol–water partition coefficient (Wildman–Crippen LogP) is 4.66. The van der Waals surface area contributed by atoms with Gasteiger partial charge in [-0.1, -0.05) is 35.0 Å². The van der Waals surface area contributed by atoms with Crippen molar-refractivity contribution in [3.05, 3.63) is 74.1 Å². The number of benzene rings is 2. The molecule has 7 nitrogen and oxygen atoms in total. The Morgan fingerprint density at radius 2 is 2.00 bits per heavy atom. The molecule has 5 rings (SSSR count). The summed E-state index contributed by atoms with van der Waals surface area (Å²) >= 11 is 4.95. The van der Waals surface area contributed by atoms with Crippen molar-refractivity contribution in [3.63, 3.8) is 0 Å². The van der Waals surface area contributed by atoms with Gasteiger partial charge in [0.05, 0.1) is 23.9 Å². The molecule has 0 bridgehead atoms. The summed E-state index contributed by atoms with van der Waals surface area (Å²) in [5.41, 5.74) is 2.38. The standard InChI is InChI=1S/C24H18BrN3O4S/c1-2-19-21(13-3-6-15(25)7-4-13)22-23(33-19)26-12-28(24(22)31)10-17(29)14-5-8-18-16(9-14)27-20(30)11-32-18/h3-9,12H,2,10-11H2,1H3,(H,27,30). The Labute approximate surface area is 201 Å². The minimum Gasteiger partial charge on any atom is -0.482 e. The van der Waals surface area contributed by atoms with Crippen LogP contribution >= 0.6 is 27.3 Å². The van der Waals surface area contributed by atoms with Crippen LogP contribution in [-0.2, 0) is 17.8 Å². The van der Waals surface area contributed by atoms with Gasteiger partial charge in [0, 0.05) is 20.5 Å². The van der Waals surface area contributed by atoms with Crippen molar-refractivity contribution in [1.29, 1.82) is 0 Å². The number of amides is 1. The molecule has 0 unspecified atom stereocenters. The molecule has 1 N–H and O–H groups in total. The molecule has 1 amide bonds. The predicted molar refractivity (Wildman–Crippen MR) is 131 cm³/mol. The molecular weight excluding hydrogens is 506 g/mol. The summed E-state index contributed by atoms with van der Waals surface area (Å²) in [5, 5.41) is 3.22. The Morgan fingerprint density at radius 3 is 2.76 bits per heavy atom. The number of hydrogen-bond acceptors (Lipinski definition) is 6. The maximum absolute atomic E-state index is 13.5. The lowest BCUT2D eigenvalue weighted by molar-refractivity contribution is -0.118. The number of nitrogens with zero attached hydrogens (tertiary/aromatic N) is 2. The zero-order valence-electron chi connectivity index (χ0n) is 17.6. The number of ketones is 1. The molecule has 2 aromatic heterocycles. The number of carbonyl (C=O) groups excluding carboxylic acids is 2. The van der Waals surface area contributed by atoms with Gasteiger partial charge < -0.3 is 10.1 Å². The number of halogens is 1. The number of rotatable bonds is 5. The van der Waals surface area contributed by atoms with Gasteiger partial charge in [-0.15, -0.1) is 11.3 Å². The minimum absolute atomic E-state index is 0.0531. The minimum atomic E-state index is -0.275. The summed E-state index contributed by atoms with van der Waals surface area (Å²) in [5.74, 6) is -0.0319. The Bertz CT molecular complexity index is 1470. The second kappa shape index (κ2) is 8.57. The molecule has 166 valence electrons. The van der Waals surface area contributed by atoms with Gasteiger partial charge in [0.1, 0.15) is 10.6 Å². The monoisotopic (exact) mass is 523 g/mol. The second-order valence-corrected chi connectivity index (χ2v) is 9.59. The number of thiophene rings is 1. The van der Waals surface area contributed by atoms with Crippen molar-refractivity contribution in [2.75, 3.05) is 11.9 Å². The number of fused-ring (bicyclic) bond motifs is 2. The number of Topliss-reactive ketones (excluding diaryl/α,β-unsaturated/α-hetero) is 1. The molecule has 33 heavy (non-hydrogen) atoms. The first-order valence-electron chi connectivity index (χ1n) is 10.3. The molecule has 2 aromatic carbocycles. The molecule has 0 radical (unpaired) electrons. The molecule has 3 heterocycles. The van der Waals surface area contributed by atoms with Crippen LogP contribution in [0, 0.1) is 0 Å². The smallest absolute Gasteiger partial charge is 0.263 e. The van der Waals surface area contributed by atoms with Gasteiger partial charge in [-0.2, -0.15) is 0 Å². The van der Waals surface area contributed by atoms with Gasteiger partial charge in [-0.25, -0.2) is 4.98 Å². The molecule has 1 aliphatic heterocycles. The van der Waals surface area contributed by atoms with Crippen LogP contribution < -0.4 is 15.6 Å². The van der Waals surface area contributed by atoms with E-state index in [0.29, 0.717) is 27.2 Å². The fraction of sp³-hybridized carbons (Fsp3) is 0.167. The lowest BCUT2D eigenvalue weighted by Gasteiger charge is -2.18. The van der Waals surface area contributed by atoms with Crippen LogP contribution in [0.25, 0.3) is 21.3 Å². The number of carbonyl (C=O) groups is 2. The van der Waals surface area contributed by atoms with E-state index in [4.69, 9.17) is 4.74 Å². The third kappa shape index (κ3) is 3.98. The van der Waals surface area contributed by atoms with Crippen molar-refractivity contribution < 1.29 is 14.3 Å². The van der Waals surface area contributed by atoms with Crippen molar-refractivity contribution in [1.82, 2.24) is 9.55 Å². The molecule has 1 aliphatic rings. The van der Waals surface area contributed by atoms with E-state index >= 15 is 0 Å². The fourth-order valence-corrected chi connectivity index (χ4v) is 5.21. The molecule has 0 saturated heterocycles. The topological polar surface area (TPSA) is 90.3 Å². The van der Waals surface area contributed by atoms with Crippen LogP contribution in [0.4, 0.5) is 5.69 Å². The third-order valence-corrected chi connectivity index (χ3v) is 7.22. The Kier molecular flexibility index (Phi) is 5.59. The Morgan fingerprint density at radius 1 is 1.21 bits per heavy atom. The third-order valence-electron chi connectivity index (χ3n) is 5.45. The fourth-order valence-electron chi connectivity index (χ4n) is 3.86. The first-order chi connectivity index (χ1) is 15.9. The Balaban J connectivity index is 1.54. The van der Waals surface area contributed by atoms with Crippen LogP contribution in [-0.4, -0.2) is 27.8 Å². The maximum atomic E-state index is 13.5. The first-order valence-corrected chi connectivity index (χ1v) is 11.9. The zero-order valence-corrected chi connectivity index (χ0v) is 20.0. The van der Waals surface area contributed by atoms with E-state index in [9.17, 15) is 14.4 Å². The molecule has 9 heteroatoms. The van der Waals surface area contributed by atoms with Gasteiger partial charge in [0.15, 0.2) is 12.4 Å². The molecule has 0 fully saturated rings. The molecule has 0 spiro atoms. The van der Waals surface area contributed by atoms with Crippen LogP contribution in [0.3, 0.4) is 0 Å². The maximum Gasteiger partial charge on any atom is 0.263 e. The van der Waals surface area contributed by atoms with Crippen LogP contribution in [0.5, 0.6) is 5.75 Å². The number of anilines is 1. The lowest BCUT2D eigenvalue weighted by atomic mass is 10.0. The summed E-state index contributed by atoms with van der Waals surface area (Å²) in [6.07, 6.45) is 2.20. The zero-order chi connectivity index (χ0) is 23.1. The van der Waals surface area contributed by atoms with Gasteiger partial charge in [0.25, 0.3) is 11.5 Å². The largest absolute Gasteiger partial charge is 0.482 e. The lowest BCUT2D eigenvalue weighted by Crippen LogP contribution is -2.26. The van der Waals surface area contributed by atoms with E-state index in [1.165, 1.54) is 22.2 Å². The number of hydrogen-bond donors (Lipinski definition) is 1. The van der Waals surface area contributed by atoms with E-state index < -0.39 is 0 Å². The average molecular weight is 524 g/mol. The van der Waals surface area contributed by atoms with Gasteiger partial charge in [-0.3, -0.25) is 19.0 Å². The molecule has 0 atom stereocenters.